The minimum atomic E-state index is -0.907. The highest BCUT2D eigenvalue weighted by atomic mass is 16.7. The highest BCUT2D eigenvalue weighted by Gasteiger charge is 2.19. The van der Waals surface area contributed by atoms with Crippen LogP contribution >= 0.6 is 0 Å². The molecule has 1 unspecified atom stereocenters. The van der Waals surface area contributed by atoms with E-state index in [-0.39, 0.29) is 31.5 Å². The van der Waals surface area contributed by atoms with Crippen LogP contribution < -0.4 is 20.1 Å². The third-order valence-corrected chi connectivity index (χ3v) is 6.75. The number of amides is 1. The number of carbonyl (C=O) groups is 2. The van der Waals surface area contributed by atoms with Crippen LogP contribution in [0.25, 0.3) is 17.2 Å². The van der Waals surface area contributed by atoms with Gasteiger partial charge in [-0.25, -0.2) is 0 Å². The monoisotopic (exact) mass is 561 g/mol. The molecule has 0 bridgehead atoms. The molecule has 0 aliphatic carbocycles. The average Bonchev–Trinajstić information content (AvgIpc) is 3.61. The number of ether oxygens (including phenoxy) is 2. The number of carbonyl (C=O) groups excluding carboxylic acids is 1. The zero-order chi connectivity index (χ0) is 28.9. The standard InChI is InChI=1S/C33H27N3O6/c37-31(17-22-10-13-27-29(16-22)42-33(36-27)35-25-6-2-1-3-7-25)34-26-8-4-5-21(15-26)9-11-24(19-32(38)39)23-12-14-28-30(18-23)41-20-40-28/h1-16,18,24H,17,19-20H2,(H,34,37)(H,35,36)(H,38,39)/b11-9+. The number of allylic oxidation sites excluding steroid dienone is 1. The van der Waals surface area contributed by atoms with Crippen molar-refractivity contribution in [2.24, 2.45) is 0 Å². The first kappa shape index (κ1) is 26.6. The molecule has 2 heterocycles. The van der Waals surface area contributed by atoms with Gasteiger partial charge in [0.25, 0.3) is 6.01 Å². The number of hydrogen-bond donors (Lipinski definition) is 3. The molecule has 3 N–H and O–H groups in total. The topological polar surface area (TPSA) is 123 Å². The Kier molecular flexibility index (Phi) is 7.54. The molecule has 4 aromatic carbocycles. The van der Waals surface area contributed by atoms with Gasteiger partial charge in [-0.3, -0.25) is 9.59 Å². The van der Waals surface area contributed by atoms with Crippen LogP contribution in [-0.4, -0.2) is 28.8 Å². The number of aliphatic carboxylic acids is 1. The van der Waals surface area contributed by atoms with Crippen LogP contribution in [0.1, 0.15) is 29.0 Å². The number of aromatic nitrogens is 1. The van der Waals surface area contributed by atoms with Gasteiger partial charge in [0.15, 0.2) is 17.1 Å². The van der Waals surface area contributed by atoms with E-state index in [9.17, 15) is 14.7 Å². The zero-order valence-corrected chi connectivity index (χ0v) is 22.4. The number of carboxylic acids is 1. The van der Waals surface area contributed by atoms with Gasteiger partial charge in [0.05, 0.1) is 12.8 Å². The lowest BCUT2D eigenvalue weighted by atomic mass is 9.94. The highest BCUT2D eigenvalue weighted by Crippen LogP contribution is 2.36. The van der Waals surface area contributed by atoms with E-state index >= 15 is 0 Å². The molecular formula is C33H27N3O6. The molecule has 0 saturated heterocycles. The molecule has 0 spiro atoms. The number of nitrogens with one attached hydrogen (secondary N) is 2. The summed E-state index contributed by atoms with van der Waals surface area (Å²) in [5.74, 6) is -0.208. The maximum atomic E-state index is 12.9. The molecule has 0 fully saturated rings. The van der Waals surface area contributed by atoms with Gasteiger partial charge >= 0.3 is 5.97 Å². The Balaban J connectivity index is 1.11. The Morgan fingerprint density at radius 2 is 1.74 bits per heavy atom. The van der Waals surface area contributed by atoms with E-state index in [4.69, 9.17) is 13.9 Å². The van der Waals surface area contributed by atoms with Crippen molar-refractivity contribution in [3.05, 3.63) is 114 Å². The Morgan fingerprint density at radius 3 is 2.60 bits per heavy atom. The Labute approximate surface area is 241 Å². The number of para-hydroxylation sites is 1. The van der Waals surface area contributed by atoms with E-state index in [1.165, 1.54) is 0 Å². The van der Waals surface area contributed by atoms with Gasteiger partial charge in [0, 0.05) is 17.3 Å². The zero-order valence-electron chi connectivity index (χ0n) is 22.4. The molecule has 0 radical (unpaired) electrons. The van der Waals surface area contributed by atoms with Crippen LogP contribution in [0, 0.1) is 0 Å². The molecule has 5 aromatic rings. The van der Waals surface area contributed by atoms with Crippen LogP contribution in [0.2, 0.25) is 0 Å². The Morgan fingerprint density at radius 1 is 0.905 bits per heavy atom. The normalized spacial score (nSPS) is 12.9. The molecule has 0 saturated carbocycles. The summed E-state index contributed by atoms with van der Waals surface area (Å²) < 4.78 is 16.7. The summed E-state index contributed by atoms with van der Waals surface area (Å²) in [5.41, 5.74) is 5.21. The van der Waals surface area contributed by atoms with Gasteiger partial charge in [0.2, 0.25) is 12.7 Å². The van der Waals surface area contributed by atoms with E-state index in [0.29, 0.717) is 34.3 Å². The third-order valence-electron chi connectivity index (χ3n) is 6.75. The third kappa shape index (κ3) is 6.42. The molecule has 1 aliphatic rings. The summed E-state index contributed by atoms with van der Waals surface area (Å²) in [6.07, 6.45) is 3.78. The van der Waals surface area contributed by atoms with Gasteiger partial charge in [-0.1, -0.05) is 54.6 Å². The van der Waals surface area contributed by atoms with Crippen molar-refractivity contribution in [1.82, 2.24) is 4.98 Å². The second kappa shape index (κ2) is 11.9. The molecule has 6 rings (SSSR count). The van der Waals surface area contributed by atoms with Gasteiger partial charge in [-0.15, -0.1) is 0 Å². The van der Waals surface area contributed by atoms with E-state index < -0.39 is 5.97 Å². The molecule has 210 valence electrons. The number of hydrogen-bond acceptors (Lipinski definition) is 7. The lowest BCUT2D eigenvalue weighted by molar-refractivity contribution is -0.137. The van der Waals surface area contributed by atoms with Crippen molar-refractivity contribution < 1.29 is 28.6 Å². The Hall–Kier alpha value is -5.57. The number of oxazole rings is 1. The molecule has 1 aliphatic heterocycles. The number of nitrogens with zero attached hydrogens (tertiary/aromatic N) is 1. The second-order valence-electron chi connectivity index (χ2n) is 9.84. The van der Waals surface area contributed by atoms with Crippen molar-refractivity contribution in [2.45, 2.75) is 18.8 Å². The van der Waals surface area contributed by atoms with Crippen molar-refractivity contribution in [3.63, 3.8) is 0 Å². The molecule has 42 heavy (non-hydrogen) atoms. The van der Waals surface area contributed by atoms with E-state index in [0.717, 1.165) is 22.4 Å². The van der Waals surface area contributed by atoms with Crippen LogP contribution in [0.3, 0.4) is 0 Å². The van der Waals surface area contributed by atoms with Gasteiger partial charge in [-0.05, 0) is 65.2 Å². The number of fused-ring (bicyclic) bond motifs is 2. The van der Waals surface area contributed by atoms with Crippen LogP contribution in [0.4, 0.5) is 17.4 Å². The minimum absolute atomic E-state index is 0.0775. The van der Waals surface area contributed by atoms with Crippen molar-refractivity contribution >= 4 is 46.4 Å². The molecule has 1 amide bonds. The molecule has 1 atom stereocenters. The Bertz CT molecular complexity index is 1780. The first-order valence-corrected chi connectivity index (χ1v) is 13.4. The first-order chi connectivity index (χ1) is 20.5. The predicted molar refractivity (Wildman–Crippen MR) is 159 cm³/mol. The van der Waals surface area contributed by atoms with Crippen LogP contribution in [0.5, 0.6) is 11.5 Å². The summed E-state index contributed by atoms with van der Waals surface area (Å²) in [4.78, 5) is 28.9. The predicted octanol–water partition coefficient (Wildman–Crippen LogP) is 6.75. The summed E-state index contributed by atoms with van der Waals surface area (Å²) in [5, 5.41) is 15.5. The van der Waals surface area contributed by atoms with E-state index in [2.05, 4.69) is 15.6 Å². The van der Waals surface area contributed by atoms with E-state index in [1.54, 1.807) is 6.07 Å². The summed E-state index contributed by atoms with van der Waals surface area (Å²) in [6, 6.07) is 28.3. The lowest BCUT2D eigenvalue weighted by Gasteiger charge is -2.12. The fourth-order valence-electron chi connectivity index (χ4n) is 4.74. The highest BCUT2D eigenvalue weighted by molar-refractivity contribution is 5.93. The van der Waals surface area contributed by atoms with Crippen LogP contribution in [-0.2, 0) is 16.0 Å². The molecular weight excluding hydrogens is 534 g/mol. The van der Waals surface area contributed by atoms with E-state index in [1.807, 2.05) is 97.1 Å². The SMILES string of the molecule is O=C(O)CC(/C=C/c1cccc(NC(=O)Cc2ccc3nc(Nc4ccccc4)oc3c2)c1)c1ccc2c(c1)OCO2. The van der Waals surface area contributed by atoms with Crippen molar-refractivity contribution in [1.29, 1.82) is 0 Å². The number of benzene rings is 4. The van der Waals surface area contributed by atoms with Crippen LogP contribution in [0.15, 0.2) is 101 Å². The fourth-order valence-corrected chi connectivity index (χ4v) is 4.74. The number of anilines is 3. The quantitative estimate of drug-likeness (QED) is 0.171. The summed E-state index contributed by atoms with van der Waals surface area (Å²) >= 11 is 0. The van der Waals surface area contributed by atoms with Crippen molar-refractivity contribution in [2.75, 3.05) is 17.4 Å². The average molecular weight is 562 g/mol. The summed E-state index contributed by atoms with van der Waals surface area (Å²) in [7, 11) is 0. The minimum Gasteiger partial charge on any atom is -0.481 e. The maximum Gasteiger partial charge on any atom is 0.304 e. The molecule has 9 heteroatoms. The largest absolute Gasteiger partial charge is 0.481 e. The van der Waals surface area contributed by atoms with Gasteiger partial charge < -0.3 is 29.6 Å². The second-order valence-corrected chi connectivity index (χ2v) is 9.84. The smallest absolute Gasteiger partial charge is 0.304 e. The number of carboxylic acid groups (broad SMARTS) is 1. The lowest BCUT2D eigenvalue weighted by Crippen LogP contribution is -2.14. The van der Waals surface area contributed by atoms with Gasteiger partial charge in [-0.2, -0.15) is 4.98 Å². The fraction of sp³-hybridized carbons (Fsp3) is 0.121. The maximum absolute atomic E-state index is 12.9. The van der Waals surface area contributed by atoms with Gasteiger partial charge in [0.1, 0.15) is 5.52 Å². The van der Waals surface area contributed by atoms with Crippen molar-refractivity contribution in [3.8, 4) is 11.5 Å². The number of rotatable bonds is 10. The molecule has 1 aromatic heterocycles. The molecule has 9 nitrogen and oxygen atoms in total. The first-order valence-electron chi connectivity index (χ1n) is 13.4. The summed E-state index contributed by atoms with van der Waals surface area (Å²) in [6.45, 7) is 0.151.